The average Bonchev–Trinajstić information content (AvgIpc) is 2.73. The molecule has 146 valence electrons. The Labute approximate surface area is 150 Å². The maximum atomic E-state index is 12.5. The molecule has 1 unspecified atom stereocenters. The number of anilines is 2. The summed E-state index contributed by atoms with van der Waals surface area (Å²) in [5, 5.41) is 2.71. The molecular formula is C17H24F3N3O3. The number of hydrogen-bond acceptors (Lipinski definition) is 5. The summed E-state index contributed by atoms with van der Waals surface area (Å²) in [6.45, 7) is 8.00. The van der Waals surface area contributed by atoms with E-state index >= 15 is 0 Å². The Morgan fingerprint density at radius 1 is 1.23 bits per heavy atom. The maximum absolute atomic E-state index is 12.5. The number of carbonyl (C=O) groups excluding carboxylic acids is 1. The van der Waals surface area contributed by atoms with E-state index < -0.39 is 18.1 Å². The van der Waals surface area contributed by atoms with Gasteiger partial charge in [-0.2, -0.15) is 0 Å². The van der Waals surface area contributed by atoms with Crippen LogP contribution in [0.15, 0.2) is 18.2 Å². The molecule has 1 atom stereocenters. The van der Waals surface area contributed by atoms with Crippen molar-refractivity contribution >= 4 is 17.5 Å². The zero-order chi connectivity index (χ0) is 19.7. The molecule has 1 N–H and O–H groups in total. The van der Waals surface area contributed by atoms with Crippen molar-refractivity contribution in [1.29, 1.82) is 0 Å². The van der Waals surface area contributed by atoms with E-state index in [-0.39, 0.29) is 18.5 Å². The first kappa shape index (κ1) is 20.0. The van der Waals surface area contributed by atoms with Crippen molar-refractivity contribution in [3.8, 4) is 5.75 Å². The van der Waals surface area contributed by atoms with E-state index in [9.17, 15) is 18.0 Å². The highest BCUT2D eigenvalue weighted by molar-refractivity contribution is 5.79. The molecule has 26 heavy (non-hydrogen) atoms. The highest BCUT2D eigenvalue weighted by atomic mass is 19.4. The molecule has 0 saturated heterocycles. The first-order chi connectivity index (χ1) is 11.9. The van der Waals surface area contributed by atoms with Crippen molar-refractivity contribution in [1.82, 2.24) is 5.32 Å². The quantitative estimate of drug-likeness (QED) is 0.870. The minimum absolute atomic E-state index is 0.247. The first-order valence-electron chi connectivity index (χ1n) is 8.27. The lowest BCUT2D eigenvalue weighted by Gasteiger charge is -2.30. The predicted octanol–water partition coefficient (Wildman–Crippen LogP) is 3.71. The molecule has 2 rings (SSSR count). The van der Waals surface area contributed by atoms with Crippen LogP contribution in [0.4, 0.5) is 29.3 Å². The van der Waals surface area contributed by atoms with Crippen molar-refractivity contribution < 1.29 is 27.4 Å². The van der Waals surface area contributed by atoms with E-state index in [1.165, 1.54) is 12.1 Å². The minimum atomic E-state index is -4.74. The third-order valence-electron chi connectivity index (χ3n) is 3.85. The van der Waals surface area contributed by atoms with Gasteiger partial charge in [0.05, 0.1) is 17.9 Å². The number of alkyl carbamates (subject to hydrolysis) is 1. The second-order valence-electron chi connectivity index (χ2n) is 6.96. The molecule has 1 aromatic carbocycles. The largest absolute Gasteiger partial charge is 0.573 e. The van der Waals surface area contributed by atoms with E-state index in [1.54, 1.807) is 26.8 Å². The lowest BCUT2D eigenvalue weighted by molar-refractivity contribution is -0.274. The number of likely N-dealkylation sites (N-methyl/N-ethyl adjacent to an activating group) is 2. The number of alkyl halides is 3. The van der Waals surface area contributed by atoms with Crippen LogP contribution in [0.5, 0.6) is 5.75 Å². The molecule has 0 fully saturated rings. The van der Waals surface area contributed by atoms with Crippen LogP contribution in [-0.4, -0.2) is 44.4 Å². The van der Waals surface area contributed by atoms with Gasteiger partial charge in [-0.3, -0.25) is 0 Å². The number of nitrogens with zero attached hydrogens (tertiary/aromatic N) is 2. The summed E-state index contributed by atoms with van der Waals surface area (Å²) in [5.41, 5.74) is 0.771. The van der Waals surface area contributed by atoms with Crippen LogP contribution in [-0.2, 0) is 4.74 Å². The third kappa shape index (κ3) is 4.86. The minimum Gasteiger partial charge on any atom is -0.444 e. The third-order valence-corrected chi connectivity index (χ3v) is 3.85. The zero-order valence-corrected chi connectivity index (χ0v) is 15.5. The topological polar surface area (TPSA) is 54.0 Å². The van der Waals surface area contributed by atoms with E-state index in [1.807, 2.05) is 23.8 Å². The van der Waals surface area contributed by atoms with Crippen LogP contribution in [0.3, 0.4) is 0 Å². The molecule has 1 aliphatic heterocycles. The Bertz CT molecular complexity index is 659. The average molecular weight is 375 g/mol. The number of hydrogen-bond donors (Lipinski definition) is 1. The second kappa shape index (κ2) is 7.13. The van der Waals surface area contributed by atoms with Crippen molar-refractivity contribution in [2.45, 2.75) is 45.8 Å². The molecule has 9 heteroatoms. The first-order valence-corrected chi connectivity index (χ1v) is 8.27. The lowest BCUT2D eigenvalue weighted by atomic mass is 10.2. The normalized spacial score (nSPS) is 17.2. The summed E-state index contributed by atoms with van der Waals surface area (Å²) in [6.07, 6.45) is -5.53. The monoisotopic (exact) mass is 375 g/mol. The van der Waals surface area contributed by atoms with Gasteiger partial charge in [0.1, 0.15) is 17.5 Å². The molecule has 0 aliphatic carbocycles. The summed E-state index contributed by atoms with van der Waals surface area (Å²) < 4.78 is 46.6. The second-order valence-corrected chi connectivity index (χ2v) is 6.96. The number of fused-ring (bicyclic) bond motifs is 1. The lowest BCUT2D eigenvalue weighted by Crippen LogP contribution is -2.49. The molecule has 0 spiro atoms. The highest BCUT2D eigenvalue weighted by Crippen LogP contribution is 2.41. The van der Waals surface area contributed by atoms with Crippen molar-refractivity contribution in [3.63, 3.8) is 0 Å². The zero-order valence-electron chi connectivity index (χ0n) is 15.5. The molecule has 1 heterocycles. The SMILES string of the molecule is CCN1c2cc(OC(F)(F)F)ccc2N(C)C1CNC(=O)OC(C)(C)C. The van der Waals surface area contributed by atoms with Gasteiger partial charge in [0.2, 0.25) is 0 Å². The van der Waals surface area contributed by atoms with Crippen LogP contribution in [0, 0.1) is 0 Å². The van der Waals surface area contributed by atoms with E-state index in [2.05, 4.69) is 10.1 Å². The van der Waals surface area contributed by atoms with Crippen LogP contribution >= 0.6 is 0 Å². The van der Waals surface area contributed by atoms with Crippen LogP contribution in [0.25, 0.3) is 0 Å². The van der Waals surface area contributed by atoms with Gasteiger partial charge in [-0.05, 0) is 39.8 Å². The Morgan fingerprint density at radius 3 is 2.42 bits per heavy atom. The standard InChI is InChI=1S/C17H24F3N3O3/c1-6-23-13-9-11(25-17(18,19)20)7-8-12(13)22(5)14(23)10-21-15(24)26-16(2,3)4/h7-9,14H,6,10H2,1-5H3,(H,21,24). The van der Waals surface area contributed by atoms with Crippen LogP contribution in [0.2, 0.25) is 0 Å². The molecule has 1 amide bonds. The highest BCUT2D eigenvalue weighted by Gasteiger charge is 2.36. The van der Waals surface area contributed by atoms with E-state index in [4.69, 9.17) is 4.74 Å². The van der Waals surface area contributed by atoms with Crippen molar-refractivity contribution in [2.24, 2.45) is 0 Å². The fourth-order valence-electron chi connectivity index (χ4n) is 2.88. The number of carbonyl (C=O) groups is 1. The molecule has 0 saturated carbocycles. The van der Waals surface area contributed by atoms with Gasteiger partial charge in [0, 0.05) is 19.7 Å². The Hall–Kier alpha value is -2.32. The van der Waals surface area contributed by atoms with Gasteiger partial charge in [0.25, 0.3) is 0 Å². The summed E-state index contributed by atoms with van der Waals surface area (Å²) in [7, 11) is 1.82. The molecular weight excluding hydrogens is 351 g/mol. The van der Waals surface area contributed by atoms with Gasteiger partial charge < -0.3 is 24.6 Å². The fourth-order valence-corrected chi connectivity index (χ4v) is 2.88. The number of benzene rings is 1. The van der Waals surface area contributed by atoms with Crippen molar-refractivity contribution in [2.75, 3.05) is 29.9 Å². The number of amides is 1. The Morgan fingerprint density at radius 2 is 1.88 bits per heavy atom. The molecule has 0 bridgehead atoms. The van der Waals surface area contributed by atoms with Gasteiger partial charge in [0.15, 0.2) is 0 Å². The Balaban J connectivity index is 2.14. The van der Waals surface area contributed by atoms with E-state index in [0.717, 1.165) is 5.69 Å². The summed E-state index contributed by atoms with van der Waals surface area (Å²) in [6, 6.07) is 4.21. The van der Waals surface area contributed by atoms with Crippen LogP contribution < -0.4 is 19.9 Å². The molecule has 0 aromatic heterocycles. The number of ether oxygens (including phenoxy) is 2. The molecule has 0 radical (unpaired) electrons. The van der Waals surface area contributed by atoms with Gasteiger partial charge in [-0.15, -0.1) is 13.2 Å². The molecule has 6 nitrogen and oxygen atoms in total. The summed E-state index contributed by atoms with van der Waals surface area (Å²) in [4.78, 5) is 15.7. The number of nitrogens with one attached hydrogen (secondary N) is 1. The van der Waals surface area contributed by atoms with Crippen LogP contribution in [0.1, 0.15) is 27.7 Å². The van der Waals surface area contributed by atoms with Gasteiger partial charge in [-0.25, -0.2) is 4.79 Å². The maximum Gasteiger partial charge on any atom is 0.573 e. The fraction of sp³-hybridized carbons (Fsp3) is 0.588. The van der Waals surface area contributed by atoms with E-state index in [0.29, 0.717) is 12.2 Å². The molecule has 1 aromatic rings. The smallest absolute Gasteiger partial charge is 0.444 e. The number of rotatable bonds is 4. The molecule has 1 aliphatic rings. The number of halogens is 3. The summed E-state index contributed by atoms with van der Waals surface area (Å²) >= 11 is 0. The predicted molar refractivity (Wildman–Crippen MR) is 92.6 cm³/mol. The van der Waals surface area contributed by atoms with Gasteiger partial charge in [-0.1, -0.05) is 0 Å². The summed E-state index contributed by atoms with van der Waals surface area (Å²) in [5.74, 6) is -0.274. The van der Waals surface area contributed by atoms with Crippen molar-refractivity contribution in [3.05, 3.63) is 18.2 Å². The Kier molecular flexibility index (Phi) is 5.48. The van der Waals surface area contributed by atoms with Gasteiger partial charge >= 0.3 is 12.5 Å².